The maximum Gasteiger partial charge on any atom is 0.412 e. The van der Waals surface area contributed by atoms with Crippen LogP contribution in [0.2, 0.25) is 0 Å². The fraction of sp³-hybridized carbons (Fsp3) is 0.385. The first-order chi connectivity index (χ1) is 9.14. The van der Waals surface area contributed by atoms with Gasteiger partial charge in [0.2, 0.25) is 0 Å². The first-order valence-corrected chi connectivity index (χ1v) is 7.49. The van der Waals surface area contributed by atoms with Crippen LogP contribution in [-0.2, 0) is 14.6 Å². The van der Waals surface area contributed by atoms with Gasteiger partial charge in [0, 0.05) is 5.69 Å². The molecule has 0 spiro atoms. The summed E-state index contributed by atoms with van der Waals surface area (Å²) in [6.45, 7) is 5.22. The summed E-state index contributed by atoms with van der Waals surface area (Å²) < 4.78 is 28.3. The van der Waals surface area contributed by atoms with E-state index in [0.717, 1.165) is 0 Å². The third-order valence-electron chi connectivity index (χ3n) is 2.11. The minimum atomic E-state index is -3.59. The Hall–Kier alpha value is -2.07. The number of carbonyl (C=O) groups is 1. The molecule has 0 atom stereocenters. The Kier molecular flexibility index (Phi) is 4.73. The highest BCUT2D eigenvalue weighted by atomic mass is 32.2. The van der Waals surface area contributed by atoms with Gasteiger partial charge in [0.25, 0.3) is 0 Å². The van der Waals surface area contributed by atoms with Gasteiger partial charge in [-0.3, -0.25) is 5.32 Å². The molecule has 108 valence electrons. The second-order valence-electron chi connectivity index (χ2n) is 5.07. The zero-order valence-electron chi connectivity index (χ0n) is 11.5. The molecule has 20 heavy (non-hydrogen) atoms. The summed E-state index contributed by atoms with van der Waals surface area (Å²) in [6.07, 6.45) is -0.620. The molecule has 0 unspecified atom stereocenters. The standard InChI is InChI=1S/C13H16N2O4S/c1-13(2,3)19-12(16)15-10-4-6-11(7-5-10)20(17,18)9-8-14/h4-7H,9H2,1-3H3,(H,15,16). The van der Waals surface area contributed by atoms with Gasteiger partial charge in [0.15, 0.2) is 9.84 Å². The number of ether oxygens (including phenoxy) is 1. The van der Waals surface area contributed by atoms with Crippen LogP contribution in [0.1, 0.15) is 20.8 Å². The summed E-state index contributed by atoms with van der Waals surface area (Å²) in [6, 6.07) is 7.14. The van der Waals surface area contributed by atoms with E-state index in [1.54, 1.807) is 26.8 Å². The van der Waals surface area contributed by atoms with Crippen LogP contribution in [0, 0.1) is 11.3 Å². The number of hydrogen-bond donors (Lipinski definition) is 1. The maximum atomic E-state index is 11.6. The maximum absolute atomic E-state index is 11.6. The van der Waals surface area contributed by atoms with Crippen LogP contribution in [0.25, 0.3) is 0 Å². The van der Waals surface area contributed by atoms with E-state index in [1.807, 2.05) is 0 Å². The topological polar surface area (TPSA) is 96.3 Å². The molecule has 1 N–H and O–H groups in total. The normalized spacial score (nSPS) is 11.5. The fourth-order valence-corrected chi connectivity index (χ4v) is 2.22. The van der Waals surface area contributed by atoms with Gasteiger partial charge in [-0.15, -0.1) is 0 Å². The van der Waals surface area contributed by atoms with E-state index in [9.17, 15) is 13.2 Å². The van der Waals surface area contributed by atoms with Gasteiger partial charge in [-0.25, -0.2) is 13.2 Å². The van der Waals surface area contributed by atoms with Crippen LogP contribution in [0.5, 0.6) is 0 Å². The van der Waals surface area contributed by atoms with E-state index in [-0.39, 0.29) is 4.90 Å². The Morgan fingerprint density at radius 1 is 1.30 bits per heavy atom. The van der Waals surface area contributed by atoms with Crippen molar-refractivity contribution in [3.8, 4) is 6.07 Å². The average molecular weight is 296 g/mol. The van der Waals surface area contributed by atoms with Crippen molar-refractivity contribution < 1.29 is 17.9 Å². The second kappa shape index (κ2) is 5.92. The molecule has 1 rings (SSSR count). The predicted molar refractivity (Wildman–Crippen MR) is 74.0 cm³/mol. The highest BCUT2D eigenvalue weighted by Crippen LogP contribution is 2.16. The number of benzene rings is 1. The highest BCUT2D eigenvalue weighted by Gasteiger charge is 2.17. The molecule has 0 aliphatic rings. The molecule has 0 bridgehead atoms. The summed E-state index contributed by atoms with van der Waals surface area (Å²) in [5.74, 6) is -0.578. The van der Waals surface area contributed by atoms with Crippen molar-refractivity contribution in [2.45, 2.75) is 31.3 Å². The zero-order valence-corrected chi connectivity index (χ0v) is 12.3. The number of anilines is 1. The number of nitriles is 1. The third kappa shape index (κ3) is 4.90. The number of amides is 1. The first kappa shape index (κ1) is 16.0. The molecular weight excluding hydrogens is 280 g/mol. The Morgan fingerprint density at radius 2 is 1.85 bits per heavy atom. The number of hydrogen-bond acceptors (Lipinski definition) is 5. The summed E-state index contributed by atoms with van der Waals surface area (Å²) in [7, 11) is -3.59. The molecule has 1 aromatic rings. The Bertz CT molecular complexity index is 622. The lowest BCUT2D eigenvalue weighted by molar-refractivity contribution is 0.0636. The molecule has 0 saturated heterocycles. The molecule has 7 heteroatoms. The van der Waals surface area contributed by atoms with Crippen LogP contribution < -0.4 is 5.32 Å². The van der Waals surface area contributed by atoms with Crippen molar-refractivity contribution in [1.82, 2.24) is 0 Å². The molecule has 0 radical (unpaired) electrons. The summed E-state index contributed by atoms with van der Waals surface area (Å²) in [5, 5.41) is 10.9. The molecular formula is C13H16N2O4S. The molecule has 0 aliphatic heterocycles. The largest absolute Gasteiger partial charge is 0.444 e. The Morgan fingerprint density at radius 3 is 2.30 bits per heavy atom. The smallest absolute Gasteiger partial charge is 0.412 e. The van der Waals surface area contributed by atoms with Gasteiger partial charge >= 0.3 is 6.09 Å². The lowest BCUT2D eigenvalue weighted by atomic mass is 10.2. The fourth-order valence-electron chi connectivity index (χ4n) is 1.34. The Balaban J connectivity index is 2.78. The number of sulfone groups is 1. The number of rotatable bonds is 3. The van der Waals surface area contributed by atoms with Crippen molar-refractivity contribution in [2.24, 2.45) is 0 Å². The Labute approximate surface area is 118 Å². The first-order valence-electron chi connectivity index (χ1n) is 5.84. The van der Waals surface area contributed by atoms with Crippen molar-refractivity contribution in [3.05, 3.63) is 24.3 Å². The quantitative estimate of drug-likeness (QED) is 0.923. The van der Waals surface area contributed by atoms with Crippen molar-refractivity contribution in [1.29, 1.82) is 5.26 Å². The number of carbonyl (C=O) groups excluding carboxylic acids is 1. The lowest BCUT2D eigenvalue weighted by Gasteiger charge is -2.19. The van der Waals surface area contributed by atoms with Gasteiger partial charge in [-0.1, -0.05) is 0 Å². The van der Waals surface area contributed by atoms with E-state index < -0.39 is 27.3 Å². The summed E-state index contributed by atoms with van der Waals surface area (Å²) >= 11 is 0. The number of nitrogens with one attached hydrogen (secondary N) is 1. The number of nitrogens with zero attached hydrogens (tertiary/aromatic N) is 1. The third-order valence-corrected chi connectivity index (χ3v) is 3.61. The van der Waals surface area contributed by atoms with Crippen molar-refractivity contribution >= 4 is 21.6 Å². The minimum absolute atomic E-state index is 0.0359. The molecule has 1 amide bonds. The van der Waals surface area contributed by atoms with E-state index in [0.29, 0.717) is 5.69 Å². The van der Waals surface area contributed by atoms with Crippen LogP contribution in [-0.4, -0.2) is 25.9 Å². The van der Waals surface area contributed by atoms with Crippen molar-refractivity contribution in [3.63, 3.8) is 0 Å². The van der Waals surface area contributed by atoms with Crippen molar-refractivity contribution in [2.75, 3.05) is 11.1 Å². The molecule has 0 heterocycles. The second-order valence-corrected chi connectivity index (χ2v) is 7.06. The lowest BCUT2D eigenvalue weighted by Crippen LogP contribution is -2.27. The summed E-state index contributed by atoms with van der Waals surface area (Å²) in [4.78, 5) is 11.6. The zero-order chi connectivity index (χ0) is 15.4. The van der Waals surface area contributed by atoms with E-state index >= 15 is 0 Å². The van der Waals surface area contributed by atoms with Gasteiger partial charge in [0.1, 0.15) is 11.4 Å². The van der Waals surface area contributed by atoms with Gasteiger partial charge in [-0.05, 0) is 45.0 Å². The van der Waals surface area contributed by atoms with Gasteiger partial charge in [0.05, 0.1) is 11.0 Å². The molecule has 0 aromatic heterocycles. The van der Waals surface area contributed by atoms with Crippen LogP contribution in [0.4, 0.5) is 10.5 Å². The molecule has 0 fully saturated rings. The monoisotopic (exact) mass is 296 g/mol. The molecule has 0 saturated carbocycles. The summed E-state index contributed by atoms with van der Waals surface area (Å²) in [5.41, 5.74) is -0.199. The van der Waals surface area contributed by atoms with Gasteiger partial charge < -0.3 is 4.74 Å². The average Bonchev–Trinajstić information content (AvgIpc) is 2.26. The molecule has 6 nitrogen and oxygen atoms in total. The van der Waals surface area contributed by atoms with E-state index in [4.69, 9.17) is 10.00 Å². The van der Waals surface area contributed by atoms with Crippen LogP contribution in [0.15, 0.2) is 29.2 Å². The minimum Gasteiger partial charge on any atom is -0.444 e. The predicted octanol–water partition coefficient (Wildman–Crippen LogP) is 2.33. The highest BCUT2D eigenvalue weighted by molar-refractivity contribution is 7.91. The molecule has 0 aliphatic carbocycles. The van der Waals surface area contributed by atoms with E-state index in [1.165, 1.54) is 24.3 Å². The SMILES string of the molecule is CC(C)(C)OC(=O)Nc1ccc(S(=O)(=O)CC#N)cc1. The van der Waals surface area contributed by atoms with Crippen LogP contribution in [0.3, 0.4) is 0 Å². The van der Waals surface area contributed by atoms with Gasteiger partial charge in [-0.2, -0.15) is 5.26 Å². The molecule has 1 aromatic carbocycles. The van der Waals surface area contributed by atoms with E-state index in [2.05, 4.69) is 5.32 Å². The van der Waals surface area contributed by atoms with Crippen LogP contribution >= 0.6 is 0 Å².